The Labute approximate surface area is 260 Å². The summed E-state index contributed by atoms with van der Waals surface area (Å²) in [5.74, 6) is 1.45. The maximum Gasteiger partial charge on any atom is 0.225 e. The van der Waals surface area contributed by atoms with E-state index in [-0.39, 0.29) is 5.92 Å². The third kappa shape index (κ3) is 5.87. The van der Waals surface area contributed by atoms with Gasteiger partial charge in [0.15, 0.2) is 0 Å². The third-order valence-electron chi connectivity index (χ3n) is 9.64. The molecule has 2 saturated heterocycles. The Morgan fingerprint density at radius 1 is 0.750 bits per heavy atom. The Bertz CT molecular complexity index is 1710. The summed E-state index contributed by atoms with van der Waals surface area (Å²) in [5.41, 5.74) is 13.7. The van der Waals surface area contributed by atoms with Gasteiger partial charge in [0, 0.05) is 49.2 Å². The summed E-state index contributed by atoms with van der Waals surface area (Å²) >= 11 is 0. The number of benzene rings is 3. The highest BCUT2D eigenvalue weighted by molar-refractivity contribution is 5.93. The normalized spacial score (nSPS) is 16.9. The van der Waals surface area contributed by atoms with Gasteiger partial charge in [0.25, 0.3) is 0 Å². The molecule has 44 heavy (non-hydrogen) atoms. The number of nitrogens with zero attached hydrogens (tertiary/aromatic N) is 4. The maximum atomic E-state index is 13.7. The van der Waals surface area contributed by atoms with Crippen LogP contribution in [0.4, 0.5) is 5.82 Å². The molecule has 2 N–H and O–H groups in total. The Balaban J connectivity index is 1.08. The summed E-state index contributed by atoms with van der Waals surface area (Å²) in [6.07, 6.45) is 5.60. The van der Waals surface area contributed by atoms with E-state index in [0.717, 1.165) is 65.0 Å². The average molecular weight is 584 g/mol. The number of nitrogen functional groups attached to an aromatic ring is 1. The van der Waals surface area contributed by atoms with Gasteiger partial charge < -0.3 is 15.2 Å². The van der Waals surface area contributed by atoms with E-state index in [1.807, 2.05) is 12.1 Å². The predicted octanol–water partition coefficient (Wildman–Crippen LogP) is 6.95. The molecule has 0 radical (unpaired) electrons. The van der Waals surface area contributed by atoms with Crippen molar-refractivity contribution in [1.29, 1.82) is 0 Å². The van der Waals surface area contributed by atoms with Gasteiger partial charge in [-0.05, 0) is 85.1 Å². The molecule has 0 saturated carbocycles. The van der Waals surface area contributed by atoms with E-state index in [0.29, 0.717) is 17.6 Å². The number of likely N-dealkylation sites (tertiary alicyclic amines) is 2. The SMILES string of the molecule is Nc1cc(CN2CCC(C(=O)N3CCC(c4c(-c5ccccc5)n(Cc5ccccc5)c5ccccc45)CC3)CC2)ccn1. The van der Waals surface area contributed by atoms with E-state index in [4.69, 9.17) is 5.73 Å². The summed E-state index contributed by atoms with van der Waals surface area (Å²) in [5, 5.41) is 1.34. The average Bonchev–Trinajstić information content (AvgIpc) is 3.39. The summed E-state index contributed by atoms with van der Waals surface area (Å²) < 4.78 is 2.51. The van der Waals surface area contributed by atoms with Crippen LogP contribution in [0.25, 0.3) is 22.2 Å². The predicted molar refractivity (Wildman–Crippen MR) is 178 cm³/mol. The number of fused-ring (bicyclic) bond motifs is 1. The standard InChI is InChI=1S/C38H41N5O/c39-35-25-29(15-20-40-35)26-41-21-16-32(17-22-41)38(44)42-23-18-30(19-24-42)36-33-13-7-8-14-34(33)43(27-28-9-3-1-4-10-28)37(36)31-11-5-2-6-12-31/h1-15,20,25,30,32H,16-19,21-24,26-27H2,(H2,39,40). The van der Waals surface area contributed by atoms with Crippen LogP contribution in [0, 0.1) is 5.92 Å². The number of pyridine rings is 1. The van der Waals surface area contributed by atoms with Gasteiger partial charge in [0.2, 0.25) is 5.91 Å². The highest BCUT2D eigenvalue weighted by Gasteiger charge is 2.33. The highest BCUT2D eigenvalue weighted by atomic mass is 16.2. The minimum Gasteiger partial charge on any atom is -0.384 e. The second kappa shape index (κ2) is 12.7. The molecule has 6 heteroatoms. The Morgan fingerprint density at radius 3 is 2.16 bits per heavy atom. The number of aromatic nitrogens is 2. The van der Waals surface area contributed by atoms with E-state index < -0.39 is 0 Å². The first-order valence-corrected chi connectivity index (χ1v) is 16.1. The number of piperidine rings is 2. The molecule has 224 valence electrons. The quantitative estimate of drug-likeness (QED) is 0.225. The first-order valence-electron chi connectivity index (χ1n) is 16.1. The lowest BCUT2D eigenvalue weighted by Crippen LogP contribution is -2.45. The zero-order valence-electron chi connectivity index (χ0n) is 25.3. The molecule has 0 atom stereocenters. The van der Waals surface area contributed by atoms with Crippen molar-refractivity contribution in [2.45, 2.75) is 44.7 Å². The highest BCUT2D eigenvalue weighted by Crippen LogP contribution is 2.43. The van der Waals surface area contributed by atoms with Gasteiger partial charge in [-0.25, -0.2) is 4.98 Å². The summed E-state index contributed by atoms with van der Waals surface area (Å²) in [4.78, 5) is 22.4. The van der Waals surface area contributed by atoms with Crippen LogP contribution in [0.1, 0.15) is 48.3 Å². The van der Waals surface area contributed by atoms with Gasteiger partial charge in [0.05, 0.1) is 5.69 Å². The van der Waals surface area contributed by atoms with Gasteiger partial charge >= 0.3 is 0 Å². The van der Waals surface area contributed by atoms with Crippen molar-refractivity contribution < 1.29 is 4.79 Å². The lowest BCUT2D eigenvalue weighted by molar-refractivity contribution is -0.138. The molecular weight excluding hydrogens is 542 g/mol. The molecule has 1 amide bonds. The molecule has 4 heterocycles. The van der Waals surface area contributed by atoms with Gasteiger partial charge in [-0.15, -0.1) is 0 Å². The van der Waals surface area contributed by atoms with E-state index in [1.165, 1.54) is 38.9 Å². The molecule has 3 aromatic carbocycles. The fraction of sp³-hybridized carbons (Fsp3) is 0.316. The van der Waals surface area contributed by atoms with Crippen molar-refractivity contribution in [2.24, 2.45) is 5.92 Å². The van der Waals surface area contributed by atoms with Crippen molar-refractivity contribution in [3.63, 3.8) is 0 Å². The minimum absolute atomic E-state index is 0.123. The van der Waals surface area contributed by atoms with Crippen LogP contribution in [0.3, 0.4) is 0 Å². The van der Waals surface area contributed by atoms with Crippen molar-refractivity contribution >= 4 is 22.6 Å². The van der Waals surface area contributed by atoms with Crippen LogP contribution in [0.15, 0.2) is 103 Å². The molecule has 0 aliphatic carbocycles. The molecule has 2 aliphatic heterocycles. The van der Waals surface area contributed by atoms with Crippen molar-refractivity contribution in [3.05, 3.63) is 120 Å². The molecule has 2 fully saturated rings. The van der Waals surface area contributed by atoms with Crippen LogP contribution >= 0.6 is 0 Å². The molecule has 5 aromatic rings. The Morgan fingerprint density at radius 2 is 1.43 bits per heavy atom. The largest absolute Gasteiger partial charge is 0.384 e. The molecule has 2 aliphatic rings. The lowest BCUT2D eigenvalue weighted by atomic mass is 9.85. The molecule has 7 rings (SSSR count). The lowest BCUT2D eigenvalue weighted by Gasteiger charge is -2.37. The Kier molecular flexibility index (Phi) is 8.16. The number of hydrogen-bond donors (Lipinski definition) is 1. The number of carbonyl (C=O) groups is 1. The van der Waals surface area contributed by atoms with E-state index >= 15 is 0 Å². The van der Waals surface area contributed by atoms with Crippen molar-refractivity contribution in [1.82, 2.24) is 19.4 Å². The number of amides is 1. The number of anilines is 1. The van der Waals surface area contributed by atoms with Crippen molar-refractivity contribution in [2.75, 3.05) is 31.9 Å². The zero-order chi connectivity index (χ0) is 29.9. The molecule has 6 nitrogen and oxygen atoms in total. The number of carbonyl (C=O) groups excluding carboxylic acids is 1. The van der Waals surface area contributed by atoms with Crippen LogP contribution < -0.4 is 5.73 Å². The minimum atomic E-state index is 0.123. The van der Waals surface area contributed by atoms with Crippen LogP contribution in [-0.4, -0.2) is 51.4 Å². The fourth-order valence-corrected chi connectivity index (χ4v) is 7.42. The second-order valence-corrected chi connectivity index (χ2v) is 12.5. The molecule has 0 bridgehead atoms. The Hall–Kier alpha value is -4.42. The van der Waals surface area contributed by atoms with Crippen LogP contribution in [-0.2, 0) is 17.9 Å². The first-order chi connectivity index (χ1) is 21.6. The number of nitrogens with two attached hydrogens (primary N) is 1. The molecule has 2 aromatic heterocycles. The second-order valence-electron chi connectivity index (χ2n) is 12.5. The maximum absolute atomic E-state index is 13.7. The van der Waals surface area contributed by atoms with Gasteiger partial charge in [-0.1, -0.05) is 78.9 Å². The van der Waals surface area contributed by atoms with Crippen LogP contribution in [0.5, 0.6) is 0 Å². The molecule has 0 spiro atoms. The van der Waals surface area contributed by atoms with Gasteiger partial charge in [-0.2, -0.15) is 0 Å². The summed E-state index contributed by atoms with van der Waals surface area (Å²) in [6, 6.07) is 34.5. The van der Waals surface area contributed by atoms with E-state index in [9.17, 15) is 4.79 Å². The topological polar surface area (TPSA) is 67.4 Å². The summed E-state index contributed by atoms with van der Waals surface area (Å²) in [6.45, 7) is 5.22. The fourth-order valence-electron chi connectivity index (χ4n) is 7.42. The van der Waals surface area contributed by atoms with Crippen molar-refractivity contribution in [3.8, 4) is 11.3 Å². The first kappa shape index (κ1) is 28.4. The van der Waals surface area contributed by atoms with Crippen LogP contribution in [0.2, 0.25) is 0 Å². The smallest absolute Gasteiger partial charge is 0.225 e. The zero-order valence-corrected chi connectivity index (χ0v) is 25.3. The van der Waals surface area contributed by atoms with Gasteiger partial charge in [-0.3, -0.25) is 9.69 Å². The third-order valence-corrected chi connectivity index (χ3v) is 9.64. The van der Waals surface area contributed by atoms with E-state index in [2.05, 4.69) is 104 Å². The molecular formula is C38H41N5O. The monoisotopic (exact) mass is 583 g/mol. The molecule has 0 unspecified atom stereocenters. The number of para-hydroxylation sites is 1. The summed E-state index contributed by atoms with van der Waals surface area (Å²) in [7, 11) is 0. The number of rotatable bonds is 7. The van der Waals surface area contributed by atoms with E-state index in [1.54, 1.807) is 6.20 Å². The number of hydrogen-bond acceptors (Lipinski definition) is 4. The van der Waals surface area contributed by atoms with Gasteiger partial charge in [0.1, 0.15) is 5.82 Å².